The molecule has 0 saturated carbocycles. The minimum absolute atomic E-state index is 0.0122. The number of pyridine rings is 1. The van der Waals surface area contributed by atoms with E-state index < -0.39 is 0 Å². The third-order valence-corrected chi connectivity index (χ3v) is 5.35. The van der Waals surface area contributed by atoms with Crippen LogP contribution >= 0.6 is 12.2 Å². The maximum absolute atomic E-state index is 9.29. The third-order valence-electron chi connectivity index (χ3n) is 5.00. The summed E-state index contributed by atoms with van der Waals surface area (Å²) < 4.78 is 2.33. The first-order valence-electron chi connectivity index (χ1n) is 8.84. The van der Waals surface area contributed by atoms with Gasteiger partial charge in [0.2, 0.25) is 0 Å². The molecule has 3 heterocycles. The van der Waals surface area contributed by atoms with Crippen molar-refractivity contribution >= 4 is 17.3 Å². The van der Waals surface area contributed by atoms with E-state index in [0.29, 0.717) is 6.42 Å². The molecule has 6 heteroatoms. The van der Waals surface area contributed by atoms with Gasteiger partial charge in [-0.05, 0) is 63.2 Å². The minimum Gasteiger partial charge on any atom is -0.396 e. The number of nitrogens with one attached hydrogen (secondary N) is 1. The molecule has 2 aromatic heterocycles. The van der Waals surface area contributed by atoms with Crippen LogP contribution in [-0.2, 0) is 6.54 Å². The molecule has 0 aromatic carbocycles. The van der Waals surface area contributed by atoms with E-state index in [-0.39, 0.29) is 18.7 Å². The van der Waals surface area contributed by atoms with Crippen LogP contribution in [0.4, 0.5) is 0 Å². The highest BCUT2D eigenvalue weighted by molar-refractivity contribution is 7.80. The highest BCUT2D eigenvalue weighted by Crippen LogP contribution is 2.40. The van der Waals surface area contributed by atoms with Crippen molar-refractivity contribution in [2.45, 2.75) is 45.8 Å². The zero-order valence-electron chi connectivity index (χ0n) is 15.1. The van der Waals surface area contributed by atoms with Crippen molar-refractivity contribution in [1.82, 2.24) is 19.8 Å². The summed E-state index contributed by atoms with van der Waals surface area (Å²) in [5, 5.41) is 13.5. The van der Waals surface area contributed by atoms with Gasteiger partial charge in [-0.15, -0.1) is 0 Å². The predicted molar refractivity (Wildman–Crippen MR) is 103 cm³/mol. The Morgan fingerprint density at radius 1 is 1.32 bits per heavy atom. The number of hydrogen-bond acceptors (Lipinski definition) is 3. The summed E-state index contributed by atoms with van der Waals surface area (Å²) >= 11 is 5.62. The predicted octanol–water partition coefficient (Wildman–Crippen LogP) is 2.87. The Hall–Kier alpha value is -1.92. The molecule has 1 fully saturated rings. The van der Waals surface area contributed by atoms with Crippen LogP contribution in [-0.4, -0.2) is 37.8 Å². The summed E-state index contributed by atoms with van der Waals surface area (Å²) in [5.41, 5.74) is 4.80. The van der Waals surface area contributed by atoms with Crippen LogP contribution in [0.2, 0.25) is 0 Å². The van der Waals surface area contributed by atoms with Gasteiger partial charge in [-0.1, -0.05) is 6.07 Å². The van der Waals surface area contributed by atoms with E-state index in [0.717, 1.165) is 23.9 Å². The molecular formula is C19H26N4OS. The first-order chi connectivity index (χ1) is 12.1. The van der Waals surface area contributed by atoms with Crippen molar-refractivity contribution in [3.05, 3.63) is 53.1 Å². The Morgan fingerprint density at radius 2 is 2.12 bits per heavy atom. The summed E-state index contributed by atoms with van der Waals surface area (Å²) in [6.45, 7) is 8.33. The molecule has 0 radical (unpaired) electrons. The summed E-state index contributed by atoms with van der Waals surface area (Å²) in [6, 6.07) is 8.34. The summed E-state index contributed by atoms with van der Waals surface area (Å²) in [4.78, 5) is 6.76. The molecule has 0 bridgehead atoms. The fourth-order valence-electron chi connectivity index (χ4n) is 3.84. The minimum atomic E-state index is 0.0122. The standard InChI is InChI=1S/C19H26N4OS/c1-4-22-13(2)12-15(14(22)3)18-17(16-8-5-6-9-20-16)21-19(25)23(18)10-7-11-24/h5-6,8-9,12,17-18,24H,4,7,10-11H2,1-3H3,(H,21,25)/t17-,18-/m0/s1. The van der Waals surface area contributed by atoms with Crippen LogP contribution in [0.25, 0.3) is 0 Å². The molecule has 5 nitrogen and oxygen atoms in total. The average molecular weight is 359 g/mol. The van der Waals surface area contributed by atoms with Crippen molar-refractivity contribution < 1.29 is 5.11 Å². The smallest absolute Gasteiger partial charge is 0.170 e. The number of thiocarbonyl (C=S) groups is 1. The first kappa shape index (κ1) is 17.9. The lowest BCUT2D eigenvalue weighted by molar-refractivity contribution is 0.247. The number of aryl methyl sites for hydroxylation is 1. The van der Waals surface area contributed by atoms with Crippen molar-refractivity contribution in [3.8, 4) is 0 Å². The molecule has 25 heavy (non-hydrogen) atoms. The van der Waals surface area contributed by atoms with E-state index in [9.17, 15) is 5.11 Å². The summed E-state index contributed by atoms with van der Waals surface area (Å²) in [5.74, 6) is 0. The van der Waals surface area contributed by atoms with E-state index in [1.165, 1.54) is 17.0 Å². The molecule has 1 saturated heterocycles. The number of rotatable bonds is 6. The largest absolute Gasteiger partial charge is 0.396 e. The Kier molecular flexibility index (Phi) is 5.39. The van der Waals surface area contributed by atoms with Gasteiger partial charge in [0.15, 0.2) is 5.11 Å². The molecule has 2 N–H and O–H groups in total. The lowest BCUT2D eigenvalue weighted by Crippen LogP contribution is -2.31. The first-order valence-corrected chi connectivity index (χ1v) is 9.24. The zero-order valence-corrected chi connectivity index (χ0v) is 15.9. The normalized spacial score (nSPS) is 20.2. The number of aliphatic hydroxyl groups excluding tert-OH is 1. The van der Waals surface area contributed by atoms with Crippen LogP contribution in [0, 0.1) is 13.8 Å². The Bertz CT molecular complexity index is 743. The molecule has 2 atom stereocenters. The van der Waals surface area contributed by atoms with Crippen molar-refractivity contribution in [3.63, 3.8) is 0 Å². The molecular weight excluding hydrogens is 332 g/mol. The molecule has 0 spiro atoms. The maximum atomic E-state index is 9.29. The van der Waals surface area contributed by atoms with Gasteiger partial charge in [0.1, 0.15) is 0 Å². The number of aliphatic hydroxyl groups is 1. The fourth-order valence-corrected chi connectivity index (χ4v) is 4.17. The molecule has 0 unspecified atom stereocenters. The van der Waals surface area contributed by atoms with E-state index in [4.69, 9.17) is 12.2 Å². The Labute approximate surface area is 154 Å². The van der Waals surface area contributed by atoms with E-state index in [2.05, 4.69) is 46.6 Å². The fraction of sp³-hybridized carbons (Fsp3) is 0.474. The van der Waals surface area contributed by atoms with Gasteiger partial charge in [-0.2, -0.15) is 0 Å². The van der Waals surface area contributed by atoms with Crippen LogP contribution in [0.1, 0.15) is 48.1 Å². The van der Waals surface area contributed by atoms with Gasteiger partial charge < -0.3 is 19.9 Å². The quantitative estimate of drug-likeness (QED) is 0.778. The van der Waals surface area contributed by atoms with E-state index in [1.54, 1.807) is 0 Å². The molecule has 0 amide bonds. The molecule has 1 aliphatic rings. The Balaban J connectivity index is 2.06. The van der Waals surface area contributed by atoms with E-state index in [1.807, 2.05) is 24.4 Å². The number of hydrogen-bond donors (Lipinski definition) is 2. The van der Waals surface area contributed by atoms with Crippen molar-refractivity contribution in [2.75, 3.05) is 13.2 Å². The van der Waals surface area contributed by atoms with Gasteiger partial charge in [0.25, 0.3) is 0 Å². The van der Waals surface area contributed by atoms with Crippen molar-refractivity contribution in [2.24, 2.45) is 0 Å². The van der Waals surface area contributed by atoms with Gasteiger partial charge in [-0.3, -0.25) is 4.98 Å². The zero-order chi connectivity index (χ0) is 18.0. The van der Waals surface area contributed by atoms with Gasteiger partial charge in [0, 0.05) is 37.3 Å². The van der Waals surface area contributed by atoms with E-state index >= 15 is 0 Å². The highest BCUT2D eigenvalue weighted by atomic mass is 32.1. The van der Waals surface area contributed by atoms with Gasteiger partial charge in [-0.25, -0.2) is 0 Å². The maximum Gasteiger partial charge on any atom is 0.170 e. The van der Waals surface area contributed by atoms with Crippen molar-refractivity contribution in [1.29, 1.82) is 0 Å². The molecule has 0 aliphatic carbocycles. The molecule has 3 rings (SSSR count). The van der Waals surface area contributed by atoms with Crippen LogP contribution in [0.3, 0.4) is 0 Å². The summed E-state index contributed by atoms with van der Waals surface area (Å²) in [7, 11) is 0. The average Bonchev–Trinajstić information content (AvgIpc) is 3.09. The van der Waals surface area contributed by atoms with Gasteiger partial charge in [0.05, 0.1) is 17.8 Å². The van der Waals surface area contributed by atoms with Gasteiger partial charge >= 0.3 is 0 Å². The van der Waals surface area contributed by atoms with Crippen LogP contribution in [0.15, 0.2) is 30.5 Å². The van der Waals surface area contributed by atoms with Crippen LogP contribution < -0.4 is 5.32 Å². The molecule has 2 aromatic rings. The SMILES string of the molecule is CCn1c(C)cc([C@H]2[C@H](c3ccccn3)NC(=S)N2CCCO)c1C. The highest BCUT2D eigenvalue weighted by Gasteiger charge is 2.40. The number of aromatic nitrogens is 2. The monoisotopic (exact) mass is 358 g/mol. The lowest BCUT2D eigenvalue weighted by atomic mass is 9.96. The second-order valence-corrected chi connectivity index (χ2v) is 6.85. The number of nitrogens with zero attached hydrogens (tertiary/aromatic N) is 3. The molecule has 134 valence electrons. The lowest BCUT2D eigenvalue weighted by Gasteiger charge is -2.28. The topological polar surface area (TPSA) is 53.3 Å². The Morgan fingerprint density at radius 3 is 2.72 bits per heavy atom. The summed E-state index contributed by atoms with van der Waals surface area (Å²) in [6.07, 6.45) is 2.52. The second-order valence-electron chi connectivity index (χ2n) is 6.47. The van der Waals surface area contributed by atoms with Crippen LogP contribution in [0.5, 0.6) is 0 Å². The second kappa shape index (κ2) is 7.54. The molecule has 1 aliphatic heterocycles. The third kappa shape index (κ3) is 3.28.